The van der Waals surface area contributed by atoms with E-state index in [0.717, 1.165) is 61.6 Å². The number of amides is 1. The number of rotatable bonds is 9. The van der Waals surface area contributed by atoms with E-state index in [1.807, 2.05) is 43.0 Å². The average molecular weight is 615 g/mol. The highest BCUT2D eigenvalue weighted by Gasteiger charge is 2.31. The maximum Gasteiger partial charge on any atom is 0.416 e. The molecule has 3 heterocycles. The monoisotopic (exact) mass is 614 g/mol. The highest BCUT2D eigenvalue weighted by molar-refractivity contribution is 7.98. The van der Waals surface area contributed by atoms with Gasteiger partial charge < -0.3 is 19.9 Å². The molecule has 1 aromatic heterocycles. The number of alkyl halides is 3. The number of benzene rings is 2. The van der Waals surface area contributed by atoms with Crippen molar-refractivity contribution in [3.05, 3.63) is 76.5 Å². The fourth-order valence-corrected chi connectivity index (χ4v) is 6.01. The van der Waals surface area contributed by atoms with Crippen LogP contribution < -0.4 is 15.1 Å². The quantitative estimate of drug-likeness (QED) is 0.273. The Morgan fingerprint density at radius 1 is 0.953 bits per heavy atom. The Bertz CT molecular complexity index is 1390. The van der Waals surface area contributed by atoms with Gasteiger partial charge >= 0.3 is 6.18 Å². The highest BCUT2D eigenvalue weighted by Crippen LogP contribution is 2.32. The fourth-order valence-electron chi connectivity index (χ4n) is 5.17. The molecule has 230 valence electrons. The van der Waals surface area contributed by atoms with Crippen molar-refractivity contribution < 1.29 is 22.7 Å². The molecule has 0 saturated carbocycles. The van der Waals surface area contributed by atoms with Crippen LogP contribution in [0.15, 0.2) is 53.7 Å². The normalized spacial score (nSPS) is 16.4. The van der Waals surface area contributed by atoms with Gasteiger partial charge in [-0.15, -0.1) is 0 Å². The largest absolute Gasteiger partial charge is 0.416 e. The Morgan fingerprint density at radius 3 is 2.35 bits per heavy atom. The van der Waals surface area contributed by atoms with Gasteiger partial charge in [0.15, 0.2) is 5.16 Å². The van der Waals surface area contributed by atoms with Gasteiger partial charge in [0, 0.05) is 80.6 Å². The van der Waals surface area contributed by atoms with Crippen LogP contribution in [-0.4, -0.2) is 86.3 Å². The number of nitrogens with one attached hydrogen (secondary N) is 1. The van der Waals surface area contributed by atoms with Gasteiger partial charge in [-0.2, -0.15) is 13.2 Å². The van der Waals surface area contributed by atoms with Gasteiger partial charge in [-0.25, -0.2) is 9.97 Å². The molecule has 2 saturated heterocycles. The number of carbonyl (C=O) groups excluding carboxylic acids is 1. The first-order chi connectivity index (χ1) is 20.7. The minimum Gasteiger partial charge on any atom is -0.379 e. The lowest BCUT2D eigenvalue weighted by Gasteiger charge is -2.37. The molecule has 8 nitrogen and oxygen atoms in total. The van der Waals surface area contributed by atoms with Crippen molar-refractivity contribution >= 4 is 29.2 Å². The standard InChI is InChI=1S/C31H37F3N6O2S/c1-22-23(2)36-30(37-28(22)40-14-12-39(13-15-40)27-5-3-4-26(20-27)31(32,33)34)43-21-24-6-8-25(9-7-24)29(41)35-10-11-38-16-18-42-19-17-38/h3-9,20H,10-19,21H2,1-2H3,(H,35,41). The van der Waals surface area contributed by atoms with Crippen molar-refractivity contribution in [3.63, 3.8) is 0 Å². The molecular formula is C31H37F3N6O2S. The van der Waals surface area contributed by atoms with E-state index in [0.29, 0.717) is 54.9 Å². The van der Waals surface area contributed by atoms with Gasteiger partial charge in [0.1, 0.15) is 5.82 Å². The predicted octanol–water partition coefficient (Wildman–Crippen LogP) is 4.79. The van der Waals surface area contributed by atoms with Crippen molar-refractivity contribution in [2.45, 2.75) is 30.9 Å². The third kappa shape index (κ3) is 8.18. The summed E-state index contributed by atoms with van der Waals surface area (Å²) in [7, 11) is 0. The van der Waals surface area contributed by atoms with E-state index < -0.39 is 11.7 Å². The average Bonchev–Trinajstić information content (AvgIpc) is 3.02. The van der Waals surface area contributed by atoms with Crippen LogP contribution >= 0.6 is 11.8 Å². The van der Waals surface area contributed by atoms with Crippen molar-refractivity contribution in [1.82, 2.24) is 20.2 Å². The molecule has 1 amide bonds. The molecule has 0 bridgehead atoms. The number of ether oxygens (including phenoxy) is 1. The van der Waals surface area contributed by atoms with Crippen LogP contribution in [0, 0.1) is 13.8 Å². The number of anilines is 2. The van der Waals surface area contributed by atoms with Crippen molar-refractivity contribution in [2.75, 3.05) is 75.4 Å². The number of hydrogen-bond donors (Lipinski definition) is 1. The van der Waals surface area contributed by atoms with Gasteiger partial charge in [-0.05, 0) is 49.7 Å². The van der Waals surface area contributed by atoms with Crippen molar-refractivity contribution in [2.24, 2.45) is 0 Å². The molecular weight excluding hydrogens is 577 g/mol. The smallest absolute Gasteiger partial charge is 0.379 e. The molecule has 0 atom stereocenters. The molecule has 5 rings (SSSR count). The van der Waals surface area contributed by atoms with Crippen LogP contribution in [0.1, 0.15) is 32.7 Å². The lowest BCUT2D eigenvalue weighted by molar-refractivity contribution is -0.137. The van der Waals surface area contributed by atoms with Crippen LogP contribution in [0.4, 0.5) is 24.7 Å². The van der Waals surface area contributed by atoms with Crippen LogP contribution in [0.3, 0.4) is 0 Å². The van der Waals surface area contributed by atoms with Crippen LogP contribution in [0.25, 0.3) is 0 Å². The van der Waals surface area contributed by atoms with E-state index in [1.165, 1.54) is 23.9 Å². The summed E-state index contributed by atoms with van der Waals surface area (Å²) in [4.78, 5) is 28.6. The Labute approximate surface area is 254 Å². The molecule has 2 aliphatic heterocycles. The molecule has 2 fully saturated rings. The number of hydrogen-bond acceptors (Lipinski definition) is 8. The van der Waals surface area contributed by atoms with Gasteiger partial charge in [-0.1, -0.05) is 30.0 Å². The van der Waals surface area contributed by atoms with Crippen LogP contribution in [0.5, 0.6) is 0 Å². The summed E-state index contributed by atoms with van der Waals surface area (Å²) in [5, 5.41) is 3.66. The SMILES string of the molecule is Cc1nc(SCc2ccc(C(=O)NCCN3CCOCC3)cc2)nc(N2CCN(c3cccc(C(F)(F)F)c3)CC2)c1C. The summed E-state index contributed by atoms with van der Waals surface area (Å²) in [5.74, 6) is 1.44. The number of halogens is 3. The lowest BCUT2D eigenvalue weighted by Crippen LogP contribution is -2.47. The third-order valence-corrected chi connectivity index (χ3v) is 8.78. The number of piperazine rings is 1. The Balaban J connectivity index is 1.14. The Kier molecular flexibility index (Phi) is 10.1. The summed E-state index contributed by atoms with van der Waals surface area (Å²) in [6.45, 7) is 11.1. The zero-order valence-electron chi connectivity index (χ0n) is 24.5. The van der Waals surface area contributed by atoms with Gasteiger partial charge in [0.25, 0.3) is 5.91 Å². The summed E-state index contributed by atoms with van der Waals surface area (Å²) < 4.78 is 44.9. The van der Waals surface area contributed by atoms with E-state index in [2.05, 4.69) is 20.1 Å². The number of carbonyl (C=O) groups is 1. The molecule has 0 radical (unpaired) electrons. The molecule has 3 aromatic rings. The van der Waals surface area contributed by atoms with Gasteiger partial charge in [0.2, 0.25) is 0 Å². The first kappa shape index (κ1) is 31.1. The summed E-state index contributed by atoms with van der Waals surface area (Å²) in [5.41, 5.74) is 3.54. The van der Waals surface area contributed by atoms with Gasteiger partial charge in [-0.3, -0.25) is 9.69 Å². The van der Waals surface area contributed by atoms with Gasteiger partial charge in [0.05, 0.1) is 18.8 Å². The summed E-state index contributed by atoms with van der Waals surface area (Å²) in [6.07, 6.45) is -4.36. The number of nitrogens with zero attached hydrogens (tertiary/aromatic N) is 5. The van der Waals surface area contributed by atoms with Crippen molar-refractivity contribution in [1.29, 1.82) is 0 Å². The summed E-state index contributed by atoms with van der Waals surface area (Å²) >= 11 is 1.54. The first-order valence-electron chi connectivity index (χ1n) is 14.5. The predicted molar refractivity (Wildman–Crippen MR) is 163 cm³/mol. The number of thioether (sulfide) groups is 1. The molecule has 2 aromatic carbocycles. The lowest BCUT2D eigenvalue weighted by atomic mass is 10.1. The third-order valence-electron chi connectivity index (χ3n) is 7.86. The molecule has 43 heavy (non-hydrogen) atoms. The van der Waals surface area contributed by atoms with Crippen LogP contribution in [-0.2, 0) is 16.7 Å². The van der Waals surface area contributed by atoms with E-state index in [9.17, 15) is 18.0 Å². The molecule has 0 spiro atoms. The topological polar surface area (TPSA) is 73.8 Å². The summed E-state index contributed by atoms with van der Waals surface area (Å²) in [6, 6.07) is 13.1. The molecule has 0 unspecified atom stereocenters. The second-order valence-corrected chi connectivity index (χ2v) is 11.7. The molecule has 1 N–H and O–H groups in total. The van der Waals surface area contributed by atoms with E-state index >= 15 is 0 Å². The highest BCUT2D eigenvalue weighted by atomic mass is 32.2. The molecule has 2 aliphatic rings. The fraction of sp³-hybridized carbons (Fsp3) is 0.452. The second-order valence-electron chi connectivity index (χ2n) is 10.8. The molecule has 0 aliphatic carbocycles. The zero-order chi connectivity index (χ0) is 30.4. The maximum absolute atomic E-state index is 13.2. The number of aryl methyl sites for hydroxylation is 1. The maximum atomic E-state index is 13.2. The van der Waals surface area contributed by atoms with E-state index in [1.54, 1.807) is 6.07 Å². The first-order valence-corrected chi connectivity index (χ1v) is 15.5. The number of morpholine rings is 1. The van der Waals surface area contributed by atoms with E-state index in [4.69, 9.17) is 9.72 Å². The van der Waals surface area contributed by atoms with Crippen molar-refractivity contribution in [3.8, 4) is 0 Å². The minimum absolute atomic E-state index is 0.0808. The van der Waals surface area contributed by atoms with Crippen LogP contribution in [0.2, 0.25) is 0 Å². The van der Waals surface area contributed by atoms with E-state index in [-0.39, 0.29) is 5.91 Å². The zero-order valence-corrected chi connectivity index (χ0v) is 25.3. The molecule has 12 heteroatoms. The Hall–Kier alpha value is -3.35. The number of aromatic nitrogens is 2. The Morgan fingerprint density at radius 2 is 1.65 bits per heavy atom. The second kappa shape index (κ2) is 14.0. The minimum atomic E-state index is -4.36.